The van der Waals surface area contributed by atoms with Gasteiger partial charge in [-0.05, 0) is 95.1 Å². The molecule has 0 saturated heterocycles. The minimum atomic E-state index is -0.120. The summed E-state index contributed by atoms with van der Waals surface area (Å²) in [6, 6.07) is 58.3. The Morgan fingerprint density at radius 1 is 0.603 bits per heavy atom. The Morgan fingerprint density at radius 2 is 1.33 bits per heavy atom. The van der Waals surface area contributed by atoms with Gasteiger partial charge in [-0.1, -0.05) is 129 Å². The van der Waals surface area contributed by atoms with Crippen LogP contribution in [0.15, 0.2) is 178 Å². The van der Waals surface area contributed by atoms with Crippen LogP contribution in [-0.4, -0.2) is 10.3 Å². The first-order chi connectivity index (χ1) is 28.4. The third kappa shape index (κ3) is 5.03. The molecule has 0 amide bonds. The lowest BCUT2D eigenvalue weighted by Gasteiger charge is -2.21. The number of furan rings is 1. The molecular formula is C54H39N3O. The topological polar surface area (TPSA) is 54.2 Å². The molecule has 9 aromatic rings. The van der Waals surface area contributed by atoms with Crippen molar-refractivity contribution in [1.29, 1.82) is 5.26 Å². The number of benzene rings is 7. The van der Waals surface area contributed by atoms with E-state index in [0.717, 1.165) is 73.9 Å². The van der Waals surface area contributed by atoms with Crippen LogP contribution in [0, 0.1) is 11.3 Å². The molecule has 11 rings (SSSR count). The molecule has 0 unspecified atom stereocenters. The van der Waals surface area contributed by atoms with Gasteiger partial charge in [0.1, 0.15) is 17.2 Å². The van der Waals surface area contributed by atoms with Crippen LogP contribution >= 0.6 is 0 Å². The number of hydrogen-bond acceptors (Lipinski definition) is 3. The lowest BCUT2D eigenvalue weighted by molar-refractivity contribution is 0.661. The number of fused-ring (bicyclic) bond motifs is 9. The number of aromatic nitrogens is 1. The van der Waals surface area contributed by atoms with E-state index in [-0.39, 0.29) is 5.41 Å². The van der Waals surface area contributed by atoms with Gasteiger partial charge in [-0.3, -0.25) is 0 Å². The SMILES string of the molecule is C/C1=C(c2ccccc2)/N=C(c2cccc3oc4cc(-n5c6ccccc6c6cc7c(cc65)C(C)(C)c5ccccc5-7)ccc4c23)\C(C#N)=C(\c2ccccc2)CC1. The zero-order chi connectivity index (χ0) is 39.1. The van der Waals surface area contributed by atoms with E-state index < -0.39 is 0 Å². The summed E-state index contributed by atoms with van der Waals surface area (Å²) in [5.41, 5.74) is 17.4. The molecule has 1 aliphatic heterocycles. The van der Waals surface area contributed by atoms with Crippen molar-refractivity contribution in [2.75, 3.05) is 0 Å². The molecule has 0 atom stereocenters. The zero-order valence-corrected chi connectivity index (χ0v) is 32.7. The molecule has 0 radical (unpaired) electrons. The molecule has 0 saturated carbocycles. The van der Waals surface area contributed by atoms with Gasteiger partial charge in [-0.2, -0.15) is 5.26 Å². The van der Waals surface area contributed by atoms with Crippen LogP contribution < -0.4 is 0 Å². The van der Waals surface area contributed by atoms with E-state index in [1.54, 1.807) is 0 Å². The largest absolute Gasteiger partial charge is 0.456 e. The number of nitrogens with zero attached hydrogens (tertiary/aromatic N) is 3. The van der Waals surface area contributed by atoms with Crippen molar-refractivity contribution in [2.45, 2.75) is 39.0 Å². The monoisotopic (exact) mass is 745 g/mol. The highest BCUT2D eigenvalue weighted by atomic mass is 16.3. The Balaban J connectivity index is 1.14. The second kappa shape index (κ2) is 12.9. The molecule has 0 spiro atoms. The number of allylic oxidation sites excluding steroid dienone is 3. The predicted molar refractivity (Wildman–Crippen MR) is 239 cm³/mol. The van der Waals surface area contributed by atoms with Crippen molar-refractivity contribution in [3.63, 3.8) is 0 Å². The summed E-state index contributed by atoms with van der Waals surface area (Å²) in [5.74, 6) is 0. The molecule has 0 bridgehead atoms. The quantitative estimate of drug-likeness (QED) is 0.180. The Morgan fingerprint density at radius 3 is 2.14 bits per heavy atom. The van der Waals surface area contributed by atoms with Crippen LogP contribution in [0.5, 0.6) is 0 Å². The fourth-order valence-corrected chi connectivity index (χ4v) is 9.70. The fraction of sp³-hybridized carbons (Fsp3) is 0.111. The van der Waals surface area contributed by atoms with Crippen molar-refractivity contribution in [1.82, 2.24) is 4.57 Å². The van der Waals surface area contributed by atoms with Gasteiger partial charge in [0, 0.05) is 49.8 Å². The first-order valence-electron chi connectivity index (χ1n) is 20.1. The summed E-state index contributed by atoms with van der Waals surface area (Å²) < 4.78 is 9.17. The summed E-state index contributed by atoms with van der Waals surface area (Å²) in [4.78, 5) is 5.47. The molecule has 2 aliphatic rings. The molecule has 4 nitrogen and oxygen atoms in total. The lowest BCUT2D eigenvalue weighted by atomic mass is 9.82. The summed E-state index contributed by atoms with van der Waals surface area (Å²) in [6.07, 6.45) is 1.53. The van der Waals surface area contributed by atoms with E-state index in [1.165, 1.54) is 44.1 Å². The van der Waals surface area contributed by atoms with Crippen LogP contribution in [-0.2, 0) is 5.41 Å². The zero-order valence-electron chi connectivity index (χ0n) is 32.7. The van der Waals surface area contributed by atoms with Gasteiger partial charge in [-0.15, -0.1) is 0 Å². The van der Waals surface area contributed by atoms with E-state index in [1.807, 2.05) is 48.5 Å². The number of rotatable bonds is 4. The van der Waals surface area contributed by atoms with Crippen LogP contribution in [0.25, 0.3) is 71.8 Å². The van der Waals surface area contributed by atoms with Crippen LogP contribution in [0.1, 0.15) is 61.4 Å². The Kier molecular flexibility index (Phi) is 7.58. The van der Waals surface area contributed by atoms with E-state index in [2.05, 4.69) is 141 Å². The average molecular weight is 746 g/mol. The molecule has 276 valence electrons. The normalized spacial score (nSPS) is 18.5. The van der Waals surface area contributed by atoms with Gasteiger partial charge in [0.05, 0.1) is 28.0 Å². The second-order valence-corrected chi connectivity index (χ2v) is 16.2. The van der Waals surface area contributed by atoms with E-state index in [9.17, 15) is 5.26 Å². The number of para-hydroxylation sites is 1. The van der Waals surface area contributed by atoms with Crippen molar-refractivity contribution < 1.29 is 4.42 Å². The standard InChI is InChI=1S/C54H39N3O/c1-33-25-27-37(34-15-6-4-7-16-34)44(32-55)53(56-52(33)35-17-8-5-9-18-35)41-21-14-24-49-51(41)40-28-26-36(29-50(40)58-49)57-47-23-13-11-20-39(47)43-30-42-38-19-10-12-22-45(38)54(2,3)46(42)31-48(43)57/h4-24,26,28-31H,25,27H2,1-3H3/b44-37+,52-33-,56-53-. The van der Waals surface area contributed by atoms with Gasteiger partial charge >= 0.3 is 0 Å². The molecule has 3 heterocycles. The van der Waals surface area contributed by atoms with E-state index >= 15 is 0 Å². The van der Waals surface area contributed by atoms with Gasteiger partial charge in [-0.25, -0.2) is 4.99 Å². The number of aliphatic imine (C=N–C) groups is 1. The van der Waals surface area contributed by atoms with Crippen molar-refractivity contribution in [3.8, 4) is 22.9 Å². The van der Waals surface area contributed by atoms with Crippen LogP contribution in [0.3, 0.4) is 0 Å². The van der Waals surface area contributed by atoms with E-state index in [0.29, 0.717) is 11.3 Å². The Labute approximate surface area is 337 Å². The van der Waals surface area contributed by atoms with Crippen molar-refractivity contribution >= 4 is 60.7 Å². The molecule has 0 N–H and O–H groups in total. The summed E-state index contributed by atoms with van der Waals surface area (Å²) in [6.45, 7) is 6.84. The Hall–Kier alpha value is -7.22. The molecule has 2 aromatic heterocycles. The number of hydrogen-bond donors (Lipinski definition) is 0. The minimum absolute atomic E-state index is 0.120. The highest BCUT2D eigenvalue weighted by Crippen LogP contribution is 2.51. The molecular weight excluding hydrogens is 707 g/mol. The Bertz CT molecular complexity index is 3310. The van der Waals surface area contributed by atoms with Crippen LogP contribution in [0.2, 0.25) is 0 Å². The molecule has 4 heteroatoms. The summed E-state index contributed by atoms with van der Waals surface area (Å²) in [5, 5.41) is 15.4. The van der Waals surface area contributed by atoms with Gasteiger partial charge in [0.15, 0.2) is 0 Å². The van der Waals surface area contributed by atoms with Gasteiger partial charge < -0.3 is 8.98 Å². The smallest absolute Gasteiger partial charge is 0.137 e. The minimum Gasteiger partial charge on any atom is -0.456 e. The molecule has 7 aromatic carbocycles. The highest BCUT2D eigenvalue weighted by molar-refractivity contribution is 6.28. The maximum absolute atomic E-state index is 11.1. The third-order valence-electron chi connectivity index (χ3n) is 12.6. The van der Waals surface area contributed by atoms with E-state index in [4.69, 9.17) is 9.41 Å². The maximum Gasteiger partial charge on any atom is 0.137 e. The lowest BCUT2D eigenvalue weighted by Crippen LogP contribution is -2.14. The third-order valence-corrected chi connectivity index (χ3v) is 12.6. The summed E-state index contributed by atoms with van der Waals surface area (Å²) in [7, 11) is 0. The highest BCUT2D eigenvalue weighted by Gasteiger charge is 2.36. The fourth-order valence-electron chi connectivity index (χ4n) is 9.70. The maximum atomic E-state index is 11.1. The first kappa shape index (κ1) is 34.1. The van der Waals surface area contributed by atoms with Crippen LogP contribution in [0.4, 0.5) is 0 Å². The molecule has 58 heavy (non-hydrogen) atoms. The average Bonchev–Trinajstić information content (AvgIpc) is 3.87. The molecule has 0 fully saturated rings. The van der Waals surface area contributed by atoms with Gasteiger partial charge in [0.25, 0.3) is 0 Å². The van der Waals surface area contributed by atoms with Crippen molar-refractivity contribution in [3.05, 3.63) is 197 Å². The second-order valence-electron chi connectivity index (χ2n) is 16.2. The van der Waals surface area contributed by atoms with Crippen molar-refractivity contribution in [2.24, 2.45) is 4.99 Å². The number of nitriles is 1. The first-order valence-corrected chi connectivity index (χ1v) is 20.1. The summed E-state index contributed by atoms with van der Waals surface area (Å²) >= 11 is 0. The predicted octanol–water partition coefficient (Wildman–Crippen LogP) is 14.0. The van der Waals surface area contributed by atoms with Gasteiger partial charge in [0.2, 0.25) is 0 Å². The molecule has 1 aliphatic carbocycles.